The molecule has 0 aromatic heterocycles. The summed E-state index contributed by atoms with van der Waals surface area (Å²) >= 11 is 0. The smallest absolute Gasteiger partial charge is 0.247 e. The van der Waals surface area contributed by atoms with Gasteiger partial charge in [0.15, 0.2) is 11.5 Å². The molecule has 1 fully saturated rings. The molecule has 1 aromatic carbocycles. The highest BCUT2D eigenvalue weighted by Crippen LogP contribution is 2.33. The summed E-state index contributed by atoms with van der Waals surface area (Å²) in [5, 5.41) is 2.78. The van der Waals surface area contributed by atoms with Crippen LogP contribution in [0.1, 0.15) is 12.0 Å². The van der Waals surface area contributed by atoms with Gasteiger partial charge in [0, 0.05) is 12.1 Å². The van der Waals surface area contributed by atoms with E-state index in [0.29, 0.717) is 0 Å². The molecule has 4 heteroatoms. The maximum Gasteiger partial charge on any atom is 0.247 e. The van der Waals surface area contributed by atoms with Crippen molar-refractivity contribution in [3.63, 3.8) is 0 Å². The van der Waals surface area contributed by atoms with Crippen molar-refractivity contribution in [3.05, 3.63) is 29.3 Å². The van der Waals surface area contributed by atoms with Crippen LogP contribution in [0, 0.1) is 0 Å². The van der Waals surface area contributed by atoms with Crippen LogP contribution in [0.25, 0.3) is 6.08 Å². The Morgan fingerprint density at radius 2 is 2.12 bits per heavy atom. The lowest BCUT2D eigenvalue weighted by molar-refractivity contribution is -0.116. The molecule has 0 saturated carbocycles. The minimum atomic E-state index is 0.0256. The van der Waals surface area contributed by atoms with Crippen LogP contribution in [0.3, 0.4) is 0 Å². The summed E-state index contributed by atoms with van der Waals surface area (Å²) in [7, 11) is 0. The molecule has 0 radical (unpaired) electrons. The molecule has 82 valence electrons. The van der Waals surface area contributed by atoms with Gasteiger partial charge in [0.25, 0.3) is 0 Å². The first-order chi connectivity index (χ1) is 7.83. The first-order valence-electron chi connectivity index (χ1n) is 5.21. The number of hydrogen-bond acceptors (Lipinski definition) is 3. The fraction of sp³-hybridized carbons (Fsp3) is 0.250. The van der Waals surface area contributed by atoms with Crippen molar-refractivity contribution in [1.82, 2.24) is 5.32 Å². The van der Waals surface area contributed by atoms with Gasteiger partial charge in [-0.05, 0) is 30.2 Å². The predicted octanol–water partition coefficient (Wildman–Crippen LogP) is 1.32. The molecule has 2 heterocycles. The Hall–Kier alpha value is -1.97. The van der Waals surface area contributed by atoms with Crippen molar-refractivity contribution in [2.75, 3.05) is 13.3 Å². The predicted molar refractivity (Wildman–Crippen MR) is 58.2 cm³/mol. The van der Waals surface area contributed by atoms with Gasteiger partial charge in [-0.15, -0.1) is 0 Å². The highest BCUT2D eigenvalue weighted by Gasteiger charge is 2.17. The molecular weight excluding hydrogens is 206 g/mol. The quantitative estimate of drug-likeness (QED) is 0.722. The molecular formula is C12H11NO3. The van der Waals surface area contributed by atoms with Gasteiger partial charge in [-0.1, -0.05) is 6.07 Å². The van der Waals surface area contributed by atoms with Gasteiger partial charge in [0.1, 0.15) is 0 Å². The van der Waals surface area contributed by atoms with Crippen LogP contribution in [0.2, 0.25) is 0 Å². The first kappa shape index (κ1) is 9.27. The maximum atomic E-state index is 11.4. The summed E-state index contributed by atoms with van der Waals surface area (Å²) in [5.41, 5.74) is 1.79. The van der Waals surface area contributed by atoms with Gasteiger partial charge in [0.05, 0.1) is 0 Å². The Balaban J connectivity index is 1.93. The molecule has 16 heavy (non-hydrogen) atoms. The molecule has 0 unspecified atom stereocenters. The molecule has 4 nitrogen and oxygen atoms in total. The normalized spacial score (nSPS) is 20.2. The molecule has 0 aliphatic carbocycles. The molecule has 3 rings (SSSR count). The molecule has 2 aliphatic rings. The Morgan fingerprint density at radius 1 is 1.25 bits per heavy atom. The second-order valence-corrected chi connectivity index (χ2v) is 3.79. The molecule has 0 atom stereocenters. The first-order valence-corrected chi connectivity index (χ1v) is 5.21. The van der Waals surface area contributed by atoms with Crippen LogP contribution in [0.5, 0.6) is 11.5 Å². The zero-order valence-corrected chi connectivity index (χ0v) is 8.66. The maximum absolute atomic E-state index is 11.4. The van der Waals surface area contributed by atoms with Gasteiger partial charge in [0.2, 0.25) is 12.7 Å². The van der Waals surface area contributed by atoms with E-state index in [2.05, 4.69) is 5.32 Å². The summed E-state index contributed by atoms with van der Waals surface area (Å²) < 4.78 is 10.5. The van der Waals surface area contributed by atoms with Crippen molar-refractivity contribution >= 4 is 12.0 Å². The third-order valence-electron chi connectivity index (χ3n) is 2.71. The number of ether oxygens (including phenoxy) is 2. The van der Waals surface area contributed by atoms with E-state index < -0.39 is 0 Å². The Labute approximate surface area is 92.9 Å². The third kappa shape index (κ3) is 1.52. The number of hydrogen-bond donors (Lipinski definition) is 1. The van der Waals surface area contributed by atoms with E-state index in [1.165, 1.54) is 0 Å². The second kappa shape index (κ2) is 3.56. The van der Waals surface area contributed by atoms with Crippen molar-refractivity contribution in [2.24, 2.45) is 0 Å². The van der Waals surface area contributed by atoms with Crippen molar-refractivity contribution in [1.29, 1.82) is 0 Å². The Bertz CT molecular complexity index is 479. The van der Waals surface area contributed by atoms with E-state index in [1.807, 2.05) is 24.3 Å². The van der Waals surface area contributed by atoms with Crippen LogP contribution in [-0.2, 0) is 4.79 Å². The minimum absolute atomic E-state index is 0.0256. The zero-order chi connectivity index (χ0) is 11.0. The Kier molecular flexibility index (Phi) is 2.06. The van der Waals surface area contributed by atoms with Crippen LogP contribution in [0.4, 0.5) is 0 Å². The number of benzene rings is 1. The molecule has 1 saturated heterocycles. The average molecular weight is 217 g/mol. The van der Waals surface area contributed by atoms with Crippen molar-refractivity contribution in [2.45, 2.75) is 6.42 Å². The molecule has 1 aromatic rings. The summed E-state index contributed by atoms with van der Waals surface area (Å²) in [5.74, 6) is 1.53. The number of rotatable bonds is 1. The fourth-order valence-corrected chi connectivity index (χ4v) is 1.88. The molecule has 0 bridgehead atoms. The lowest BCUT2D eigenvalue weighted by Gasteiger charge is -1.99. The van der Waals surface area contributed by atoms with Gasteiger partial charge in [-0.25, -0.2) is 0 Å². The SMILES string of the molecule is O=C1NCC/C1=C\c1ccc2c(c1)OCO2. The molecule has 1 amide bonds. The van der Waals surface area contributed by atoms with E-state index in [-0.39, 0.29) is 12.7 Å². The van der Waals surface area contributed by atoms with Crippen LogP contribution >= 0.6 is 0 Å². The lowest BCUT2D eigenvalue weighted by Crippen LogP contribution is -2.13. The lowest BCUT2D eigenvalue weighted by atomic mass is 10.1. The van der Waals surface area contributed by atoms with Crippen LogP contribution in [-0.4, -0.2) is 19.2 Å². The van der Waals surface area contributed by atoms with E-state index in [4.69, 9.17) is 9.47 Å². The third-order valence-corrected chi connectivity index (χ3v) is 2.71. The Morgan fingerprint density at radius 3 is 2.94 bits per heavy atom. The summed E-state index contributed by atoms with van der Waals surface area (Å²) in [4.78, 5) is 11.4. The van der Waals surface area contributed by atoms with E-state index in [0.717, 1.165) is 35.6 Å². The second-order valence-electron chi connectivity index (χ2n) is 3.79. The fourth-order valence-electron chi connectivity index (χ4n) is 1.88. The standard InChI is InChI=1S/C12H11NO3/c14-12-9(3-4-13-12)5-8-1-2-10-11(6-8)16-7-15-10/h1-2,5-6H,3-4,7H2,(H,13,14)/b9-5+. The van der Waals surface area contributed by atoms with Crippen molar-refractivity contribution in [3.8, 4) is 11.5 Å². The number of carbonyl (C=O) groups excluding carboxylic acids is 1. The number of amides is 1. The summed E-state index contributed by atoms with van der Waals surface area (Å²) in [6.07, 6.45) is 2.68. The summed E-state index contributed by atoms with van der Waals surface area (Å²) in [6.45, 7) is 1.01. The van der Waals surface area contributed by atoms with Crippen molar-refractivity contribution < 1.29 is 14.3 Å². The van der Waals surface area contributed by atoms with Gasteiger partial charge in [-0.3, -0.25) is 4.79 Å². The minimum Gasteiger partial charge on any atom is -0.454 e. The average Bonchev–Trinajstić information content (AvgIpc) is 2.88. The van der Waals surface area contributed by atoms with E-state index in [1.54, 1.807) is 0 Å². The summed E-state index contributed by atoms with van der Waals surface area (Å²) in [6, 6.07) is 5.68. The highest BCUT2D eigenvalue weighted by atomic mass is 16.7. The topological polar surface area (TPSA) is 47.6 Å². The van der Waals surface area contributed by atoms with Gasteiger partial charge < -0.3 is 14.8 Å². The molecule has 0 spiro atoms. The largest absolute Gasteiger partial charge is 0.454 e. The number of nitrogens with one attached hydrogen (secondary N) is 1. The number of fused-ring (bicyclic) bond motifs is 1. The van der Waals surface area contributed by atoms with Gasteiger partial charge >= 0.3 is 0 Å². The number of carbonyl (C=O) groups is 1. The van der Waals surface area contributed by atoms with Gasteiger partial charge in [-0.2, -0.15) is 0 Å². The van der Waals surface area contributed by atoms with Crippen LogP contribution < -0.4 is 14.8 Å². The van der Waals surface area contributed by atoms with E-state index in [9.17, 15) is 4.79 Å². The highest BCUT2D eigenvalue weighted by molar-refractivity contribution is 5.99. The van der Waals surface area contributed by atoms with Crippen LogP contribution in [0.15, 0.2) is 23.8 Å². The monoisotopic (exact) mass is 217 g/mol. The molecule has 2 aliphatic heterocycles. The zero-order valence-electron chi connectivity index (χ0n) is 8.66. The molecule has 1 N–H and O–H groups in total. The van der Waals surface area contributed by atoms with E-state index >= 15 is 0 Å².